The van der Waals surface area contributed by atoms with Crippen LogP contribution in [-0.2, 0) is 4.79 Å². The summed E-state index contributed by atoms with van der Waals surface area (Å²) in [4.78, 5) is 11.1. The van der Waals surface area contributed by atoms with E-state index in [9.17, 15) is 9.18 Å². The first-order valence-corrected chi connectivity index (χ1v) is 4.07. The van der Waals surface area contributed by atoms with E-state index >= 15 is 0 Å². The maximum absolute atomic E-state index is 12.9. The molecule has 2 nitrogen and oxygen atoms in total. The number of hydrogen-bond acceptors (Lipinski definition) is 2. The van der Waals surface area contributed by atoms with Gasteiger partial charge in [0.25, 0.3) is 0 Å². The zero-order valence-corrected chi connectivity index (χ0v) is 7.58. The Hall–Kier alpha value is -1.38. The van der Waals surface area contributed by atoms with Crippen molar-refractivity contribution in [2.24, 2.45) is 5.92 Å². The molecule has 0 fully saturated rings. The molecule has 0 amide bonds. The van der Waals surface area contributed by atoms with Crippen LogP contribution in [0.2, 0.25) is 0 Å². The van der Waals surface area contributed by atoms with Crippen molar-refractivity contribution >= 4 is 5.97 Å². The molecule has 0 saturated carbocycles. The molecular formula is C10H11FO2. The highest BCUT2D eigenvalue weighted by atomic mass is 19.1. The quantitative estimate of drug-likeness (QED) is 0.518. The number of benzene rings is 1. The van der Waals surface area contributed by atoms with Crippen molar-refractivity contribution in [1.82, 2.24) is 0 Å². The Bertz CT molecular complexity index is 308. The van der Waals surface area contributed by atoms with Crippen molar-refractivity contribution in [2.75, 3.05) is 0 Å². The Labute approximate surface area is 76.3 Å². The number of esters is 1. The summed E-state index contributed by atoms with van der Waals surface area (Å²) in [6, 6.07) is 5.84. The largest absolute Gasteiger partial charge is 0.423 e. The molecule has 0 bridgehead atoms. The Balaban J connectivity index is 2.75. The molecule has 0 aliphatic rings. The van der Waals surface area contributed by atoms with Gasteiger partial charge in [-0.05, 0) is 12.1 Å². The smallest absolute Gasteiger partial charge is 0.313 e. The van der Waals surface area contributed by atoms with E-state index in [-0.39, 0.29) is 11.7 Å². The van der Waals surface area contributed by atoms with Crippen molar-refractivity contribution in [2.45, 2.75) is 13.8 Å². The van der Waals surface area contributed by atoms with Crippen LogP contribution < -0.4 is 4.74 Å². The minimum Gasteiger partial charge on any atom is -0.423 e. The molecule has 0 aliphatic heterocycles. The van der Waals surface area contributed by atoms with Gasteiger partial charge in [0, 0.05) is 0 Å². The van der Waals surface area contributed by atoms with E-state index in [0.717, 1.165) is 0 Å². The summed E-state index contributed by atoms with van der Waals surface area (Å²) in [6.45, 7) is 3.40. The second-order valence-corrected chi connectivity index (χ2v) is 3.01. The summed E-state index contributed by atoms with van der Waals surface area (Å²) in [5.74, 6) is -1.21. The van der Waals surface area contributed by atoms with Gasteiger partial charge >= 0.3 is 5.97 Å². The van der Waals surface area contributed by atoms with Crippen LogP contribution in [0, 0.1) is 11.7 Å². The third kappa shape index (κ3) is 2.54. The first-order valence-electron chi connectivity index (χ1n) is 4.07. The van der Waals surface area contributed by atoms with Crippen LogP contribution in [0.15, 0.2) is 24.3 Å². The van der Waals surface area contributed by atoms with Gasteiger partial charge in [0.2, 0.25) is 0 Å². The number of carbonyl (C=O) groups excluding carboxylic acids is 1. The van der Waals surface area contributed by atoms with E-state index in [1.807, 2.05) is 0 Å². The molecule has 0 aliphatic carbocycles. The van der Waals surface area contributed by atoms with Crippen LogP contribution in [0.3, 0.4) is 0 Å². The first-order chi connectivity index (χ1) is 6.11. The standard InChI is InChI=1S/C10H11FO2/c1-7(2)10(12)13-9-6-4-3-5-8(9)11/h3-7H,1-2H3. The van der Waals surface area contributed by atoms with Gasteiger partial charge in [-0.3, -0.25) is 4.79 Å². The van der Waals surface area contributed by atoms with Crippen LogP contribution in [0.4, 0.5) is 4.39 Å². The molecule has 70 valence electrons. The zero-order valence-electron chi connectivity index (χ0n) is 7.58. The topological polar surface area (TPSA) is 26.3 Å². The maximum Gasteiger partial charge on any atom is 0.313 e. The molecular weight excluding hydrogens is 171 g/mol. The summed E-state index contributed by atoms with van der Waals surface area (Å²) < 4.78 is 17.7. The Morgan fingerprint density at radius 2 is 2.00 bits per heavy atom. The van der Waals surface area contributed by atoms with Crippen molar-refractivity contribution in [3.8, 4) is 5.75 Å². The van der Waals surface area contributed by atoms with Gasteiger partial charge < -0.3 is 4.74 Å². The zero-order chi connectivity index (χ0) is 9.84. The Morgan fingerprint density at radius 3 is 2.54 bits per heavy atom. The van der Waals surface area contributed by atoms with Crippen LogP contribution in [0.25, 0.3) is 0 Å². The van der Waals surface area contributed by atoms with Gasteiger partial charge in [-0.25, -0.2) is 4.39 Å². The molecule has 3 heteroatoms. The van der Waals surface area contributed by atoms with Crippen LogP contribution >= 0.6 is 0 Å². The third-order valence-corrected chi connectivity index (χ3v) is 1.52. The van der Waals surface area contributed by atoms with Crippen molar-refractivity contribution in [3.63, 3.8) is 0 Å². The van der Waals surface area contributed by atoms with Gasteiger partial charge in [0.05, 0.1) is 5.92 Å². The average Bonchev–Trinajstić information content (AvgIpc) is 2.08. The predicted octanol–water partition coefficient (Wildman–Crippen LogP) is 2.39. The van der Waals surface area contributed by atoms with Gasteiger partial charge in [0.15, 0.2) is 11.6 Å². The summed E-state index contributed by atoms with van der Waals surface area (Å²) in [5.41, 5.74) is 0. The fourth-order valence-electron chi connectivity index (χ4n) is 0.754. The van der Waals surface area contributed by atoms with Crippen LogP contribution in [0.1, 0.15) is 13.8 Å². The van der Waals surface area contributed by atoms with E-state index in [1.165, 1.54) is 12.1 Å². The lowest BCUT2D eigenvalue weighted by molar-refractivity contribution is -0.137. The summed E-state index contributed by atoms with van der Waals surface area (Å²) in [5, 5.41) is 0. The second-order valence-electron chi connectivity index (χ2n) is 3.01. The summed E-state index contributed by atoms with van der Waals surface area (Å²) in [7, 11) is 0. The number of para-hydroxylation sites is 1. The molecule has 13 heavy (non-hydrogen) atoms. The highest BCUT2D eigenvalue weighted by molar-refractivity contribution is 5.74. The number of ether oxygens (including phenoxy) is 1. The highest BCUT2D eigenvalue weighted by Gasteiger charge is 2.11. The monoisotopic (exact) mass is 182 g/mol. The molecule has 0 saturated heterocycles. The number of hydrogen-bond donors (Lipinski definition) is 0. The molecule has 0 N–H and O–H groups in total. The number of halogens is 1. The molecule has 1 aromatic carbocycles. The fourth-order valence-corrected chi connectivity index (χ4v) is 0.754. The SMILES string of the molecule is CC(C)C(=O)Oc1ccccc1F. The minimum absolute atomic E-state index is 0.0128. The van der Waals surface area contributed by atoms with E-state index in [4.69, 9.17) is 4.74 Å². The van der Waals surface area contributed by atoms with Gasteiger partial charge in [-0.1, -0.05) is 26.0 Å². The van der Waals surface area contributed by atoms with E-state index < -0.39 is 11.8 Å². The summed E-state index contributed by atoms with van der Waals surface area (Å²) >= 11 is 0. The lowest BCUT2D eigenvalue weighted by Crippen LogP contribution is -2.15. The second kappa shape index (κ2) is 4.03. The molecule has 0 spiro atoms. The average molecular weight is 182 g/mol. The maximum atomic E-state index is 12.9. The molecule has 0 radical (unpaired) electrons. The van der Waals surface area contributed by atoms with Gasteiger partial charge in [-0.2, -0.15) is 0 Å². The Kier molecular flexibility index (Phi) is 3.01. The predicted molar refractivity (Wildman–Crippen MR) is 46.9 cm³/mol. The molecule has 0 unspecified atom stereocenters. The molecule has 0 atom stereocenters. The lowest BCUT2D eigenvalue weighted by atomic mass is 10.2. The van der Waals surface area contributed by atoms with Crippen molar-refractivity contribution < 1.29 is 13.9 Å². The highest BCUT2D eigenvalue weighted by Crippen LogP contribution is 2.16. The van der Waals surface area contributed by atoms with Crippen LogP contribution in [-0.4, -0.2) is 5.97 Å². The normalized spacial score (nSPS) is 10.2. The molecule has 1 rings (SSSR count). The van der Waals surface area contributed by atoms with Gasteiger partial charge in [0.1, 0.15) is 0 Å². The fraction of sp³-hybridized carbons (Fsp3) is 0.300. The lowest BCUT2D eigenvalue weighted by Gasteiger charge is -2.06. The first kappa shape index (κ1) is 9.71. The van der Waals surface area contributed by atoms with Crippen LogP contribution in [0.5, 0.6) is 5.75 Å². The third-order valence-electron chi connectivity index (χ3n) is 1.52. The van der Waals surface area contributed by atoms with E-state index in [0.29, 0.717) is 0 Å². The molecule has 1 aromatic rings. The molecule has 0 aromatic heterocycles. The van der Waals surface area contributed by atoms with Crippen molar-refractivity contribution in [3.05, 3.63) is 30.1 Å². The van der Waals surface area contributed by atoms with E-state index in [1.54, 1.807) is 26.0 Å². The number of rotatable bonds is 2. The van der Waals surface area contributed by atoms with E-state index in [2.05, 4.69) is 0 Å². The summed E-state index contributed by atoms with van der Waals surface area (Å²) in [6.07, 6.45) is 0. The minimum atomic E-state index is -0.517. The number of carbonyl (C=O) groups is 1. The van der Waals surface area contributed by atoms with Gasteiger partial charge in [-0.15, -0.1) is 0 Å². The van der Waals surface area contributed by atoms with Crippen molar-refractivity contribution in [1.29, 1.82) is 0 Å². The Morgan fingerprint density at radius 1 is 1.38 bits per heavy atom. The molecule has 0 heterocycles.